The summed E-state index contributed by atoms with van der Waals surface area (Å²) in [5.41, 5.74) is 3.13. The van der Waals surface area contributed by atoms with Crippen LogP contribution in [-0.4, -0.2) is 73.2 Å². The van der Waals surface area contributed by atoms with Crippen LogP contribution in [0.25, 0.3) is 5.57 Å². The van der Waals surface area contributed by atoms with Crippen molar-refractivity contribution in [2.24, 2.45) is 11.0 Å². The van der Waals surface area contributed by atoms with Crippen molar-refractivity contribution in [1.29, 1.82) is 0 Å². The quantitative estimate of drug-likeness (QED) is 0.369. The zero-order valence-corrected chi connectivity index (χ0v) is 23.3. The van der Waals surface area contributed by atoms with Gasteiger partial charge in [0.25, 0.3) is 0 Å². The number of allylic oxidation sites excluding steroid dienone is 3. The highest BCUT2D eigenvalue weighted by atomic mass is 32.1. The summed E-state index contributed by atoms with van der Waals surface area (Å²) in [6, 6.07) is 0.329. The molecule has 2 bridgehead atoms. The molecule has 1 aromatic heterocycles. The van der Waals surface area contributed by atoms with E-state index in [4.69, 9.17) is 4.79 Å². The highest BCUT2D eigenvalue weighted by molar-refractivity contribution is 7.09. The summed E-state index contributed by atoms with van der Waals surface area (Å²) in [5.74, 6) is 0.570. The minimum absolute atomic E-state index is 0.0705. The van der Waals surface area contributed by atoms with Crippen molar-refractivity contribution in [3.8, 4) is 0 Å². The first-order valence-electron chi connectivity index (χ1n) is 13.5. The second-order valence-electron chi connectivity index (χ2n) is 9.99. The highest BCUT2D eigenvalue weighted by Gasteiger charge is 2.29. The zero-order chi connectivity index (χ0) is 27.3. The minimum Gasteiger partial charge on any atom is -0.316 e. The Kier molecular flexibility index (Phi) is 12.5. The van der Waals surface area contributed by atoms with E-state index in [-0.39, 0.29) is 12.1 Å². The van der Waals surface area contributed by atoms with Crippen LogP contribution in [0.1, 0.15) is 68.6 Å². The molecule has 3 aliphatic heterocycles. The fraction of sp³-hybridized carbons (Fsp3) is 0.571. The number of rotatable bonds is 8. The molecule has 2 fully saturated rings. The van der Waals surface area contributed by atoms with Crippen LogP contribution in [0.4, 0.5) is 4.48 Å². The summed E-state index contributed by atoms with van der Waals surface area (Å²) < 4.78 is 13.7. The van der Waals surface area contributed by atoms with Gasteiger partial charge in [-0.1, -0.05) is 31.4 Å². The molecule has 38 heavy (non-hydrogen) atoms. The Morgan fingerprint density at radius 3 is 2.68 bits per heavy atom. The molecule has 2 unspecified atom stereocenters. The SMILES string of the molecule is C=O.CN[C@@H](C)CNC(C=O)C1CCCCC1.FN1CCCC1c1nc(C2=C3C=CC=CN(C3)N=C2)cs1. The van der Waals surface area contributed by atoms with Crippen molar-refractivity contribution in [3.63, 3.8) is 0 Å². The predicted octanol–water partition coefficient (Wildman–Crippen LogP) is 4.45. The number of thiazole rings is 1. The lowest BCUT2D eigenvalue weighted by atomic mass is 9.84. The van der Waals surface area contributed by atoms with Crippen LogP contribution >= 0.6 is 11.3 Å². The predicted molar refractivity (Wildman–Crippen MR) is 152 cm³/mol. The van der Waals surface area contributed by atoms with Crippen molar-refractivity contribution in [1.82, 2.24) is 25.7 Å². The maximum atomic E-state index is 13.7. The van der Waals surface area contributed by atoms with Gasteiger partial charge in [0.2, 0.25) is 0 Å². The van der Waals surface area contributed by atoms with Gasteiger partial charge in [0.1, 0.15) is 18.1 Å². The standard InChI is InChI=1S/C15H15FN4S.C12H24N2O.CH2O/c16-20-7-3-5-14(20)15-18-13(10-21-15)12-8-17-19-6-2-1-4-11(12)9-19;1-10(13-2)8-14-12(9-15)11-6-4-3-5-7-11;1-2/h1-2,4,6,8,10,14H,3,5,7,9H2;9-14H,3-8H2,1-2H3;1H2/t;10-,12?;/m.0./s1. The number of likely N-dealkylation sites (N-methyl/N-ethyl adjacent to an activating group) is 1. The van der Waals surface area contributed by atoms with Gasteiger partial charge in [-0.25, -0.2) is 4.98 Å². The molecule has 1 saturated carbocycles. The average molecular weight is 545 g/mol. The second kappa shape index (κ2) is 15.8. The van der Waals surface area contributed by atoms with Crippen molar-refractivity contribution in [3.05, 3.63) is 46.1 Å². The molecule has 1 aliphatic carbocycles. The Balaban J connectivity index is 0.000000209. The van der Waals surface area contributed by atoms with Gasteiger partial charge in [-0.15, -0.1) is 20.9 Å². The maximum absolute atomic E-state index is 13.7. The van der Waals surface area contributed by atoms with Gasteiger partial charge in [-0.05, 0) is 57.2 Å². The Bertz CT molecular complexity index is 1000. The number of carbonyl (C=O) groups excluding carboxylic acids is 2. The van der Waals surface area contributed by atoms with Gasteiger partial charge >= 0.3 is 0 Å². The van der Waals surface area contributed by atoms with Gasteiger partial charge in [-0.3, -0.25) is 5.01 Å². The van der Waals surface area contributed by atoms with Gasteiger partial charge in [0, 0.05) is 36.3 Å². The van der Waals surface area contributed by atoms with E-state index in [1.54, 1.807) is 0 Å². The van der Waals surface area contributed by atoms with E-state index in [0.29, 0.717) is 18.5 Å². The number of hydrogen-bond acceptors (Lipinski definition) is 9. The third kappa shape index (κ3) is 8.23. The van der Waals surface area contributed by atoms with E-state index in [0.717, 1.165) is 53.6 Å². The fourth-order valence-electron chi connectivity index (χ4n) is 5.07. The summed E-state index contributed by atoms with van der Waals surface area (Å²) in [6.07, 6.45) is 19.1. The summed E-state index contributed by atoms with van der Waals surface area (Å²) in [6.45, 7) is 6.26. The molecule has 0 spiro atoms. The Labute approximate surface area is 229 Å². The molecule has 0 radical (unpaired) electrons. The first-order chi connectivity index (χ1) is 18.6. The number of aldehydes is 1. The monoisotopic (exact) mass is 544 g/mol. The topological polar surface area (TPSA) is 89.9 Å². The molecular weight excluding hydrogens is 503 g/mol. The fourth-order valence-corrected chi connectivity index (χ4v) is 6.03. The Morgan fingerprint density at radius 2 is 2.00 bits per heavy atom. The molecule has 10 heteroatoms. The van der Waals surface area contributed by atoms with Crippen LogP contribution in [0.3, 0.4) is 0 Å². The van der Waals surface area contributed by atoms with Crippen LogP contribution in [0, 0.1) is 5.92 Å². The van der Waals surface area contributed by atoms with Gasteiger partial charge in [0.15, 0.2) is 0 Å². The number of hydrazone groups is 1. The number of aromatic nitrogens is 1. The van der Waals surface area contributed by atoms with Gasteiger partial charge in [0.05, 0.1) is 30.5 Å². The number of nitrogens with one attached hydrogen (secondary N) is 2. The lowest BCUT2D eigenvalue weighted by Crippen LogP contribution is -2.44. The van der Waals surface area contributed by atoms with Crippen molar-refractivity contribution in [2.75, 3.05) is 26.7 Å². The highest BCUT2D eigenvalue weighted by Crippen LogP contribution is 2.35. The van der Waals surface area contributed by atoms with E-state index in [9.17, 15) is 9.28 Å². The third-order valence-corrected chi connectivity index (χ3v) is 8.35. The molecule has 5 rings (SSSR count). The van der Waals surface area contributed by atoms with Crippen molar-refractivity contribution >= 4 is 36.2 Å². The average Bonchev–Trinajstić information content (AvgIpc) is 3.57. The van der Waals surface area contributed by atoms with E-state index in [2.05, 4.69) is 33.7 Å². The Hall–Kier alpha value is -2.53. The molecule has 8 nitrogen and oxygen atoms in total. The summed E-state index contributed by atoms with van der Waals surface area (Å²) in [4.78, 5) is 23.7. The van der Waals surface area contributed by atoms with Crippen LogP contribution < -0.4 is 10.6 Å². The number of carbonyl (C=O) groups is 2. The summed E-state index contributed by atoms with van der Waals surface area (Å²) in [7, 11) is 1.95. The van der Waals surface area contributed by atoms with E-state index in [1.807, 2.05) is 48.8 Å². The molecule has 4 heterocycles. The molecule has 1 saturated heterocycles. The van der Waals surface area contributed by atoms with Gasteiger partial charge < -0.3 is 20.2 Å². The molecule has 1 aromatic rings. The number of hydrogen-bond donors (Lipinski definition) is 2. The zero-order valence-electron chi connectivity index (χ0n) is 22.5. The largest absolute Gasteiger partial charge is 0.316 e. The molecule has 3 atom stereocenters. The Morgan fingerprint density at radius 1 is 1.21 bits per heavy atom. The van der Waals surface area contributed by atoms with E-state index >= 15 is 0 Å². The lowest BCUT2D eigenvalue weighted by Gasteiger charge is -2.28. The molecule has 0 amide bonds. The second-order valence-corrected chi connectivity index (χ2v) is 10.9. The molecule has 208 valence electrons. The number of halogens is 1. The molecule has 2 N–H and O–H groups in total. The smallest absolute Gasteiger partial charge is 0.137 e. The van der Waals surface area contributed by atoms with Crippen molar-refractivity contribution < 1.29 is 14.1 Å². The normalized spacial score (nSPS) is 22.7. The third-order valence-electron chi connectivity index (χ3n) is 7.41. The summed E-state index contributed by atoms with van der Waals surface area (Å²) >= 11 is 1.54. The minimum atomic E-state index is -0.169. The first kappa shape index (κ1) is 30.0. The number of fused-ring (bicyclic) bond motifs is 2. The van der Waals surface area contributed by atoms with E-state index in [1.165, 1.54) is 49.0 Å². The van der Waals surface area contributed by atoms with E-state index < -0.39 is 0 Å². The van der Waals surface area contributed by atoms with Gasteiger partial charge in [-0.2, -0.15) is 5.10 Å². The van der Waals surface area contributed by atoms with Crippen LogP contribution in [0.5, 0.6) is 0 Å². The van der Waals surface area contributed by atoms with Crippen LogP contribution in [0.15, 0.2) is 40.5 Å². The van der Waals surface area contributed by atoms with Crippen LogP contribution in [-0.2, 0) is 9.59 Å². The molecule has 0 aromatic carbocycles. The summed E-state index contributed by atoms with van der Waals surface area (Å²) in [5, 5.41) is 16.6. The molecular formula is C28H41FN6O2S. The maximum Gasteiger partial charge on any atom is 0.137 e. The first-order valence-corrected chi connectivity index (χ1v) is 14.4. The molecule has 4 aliphatic rings. The lowest BCUT2D eigenvalue weighted by molar-refractivity contribution is -0.111. The number of nitrogens with zero attached hydrogens (tertiary/aromatic N) is 4. The van der Waals surface area contributed by atoms with Crippen LogP contribution in [0.2, 0.25) is 0 Å². The van der Waals surface area contributed by atoms with Crippen molar-refractivity contribution in [2.45, 2.75) is 70.0 Å².